The van der Waals surface area contributed by atoms with Crippen LogP contribution in [0.3, 0.4) is 0 Å². The topological polar surface area (TPSA) is 75.3 Å². The highest BCUT2D eigenvalue weighted by Gasteiger charge is 2.35. The molecule has 2 amide bonds. The van der Waals surface area contributed by atoms with Gasteiger partial charge < -0.3 is 15.4 Å². The van der Waals surface area contributed by atoms with Crippen molar-refractivity contribution >= 4 is 39.2 Å². The summed E-state index contributed by atoms with van der Waals surface area (Å²) in [7, 11) is 0. The van der Waals surface area contributed by atoms with Gasteiger partial charge >= 0.3 is 6.03 Å². The van der Waals surface area contributed by atoms with Gasteiger partial charge in [-0.25, -0.2) is 4.79 Å². The molecule has 0 aliphatic heterocycles. The van der Waals surface area contributed by atoms with Gasteiger partial charge in [-0.3, -0.25) is 4.79 Å². The Balaban J connectivity index is 2.79. The van der Waals surface area contributed by atoms with E-state index in [1.165, 1.54) is 6.92 Å². The summed E-state index contributed by atoms with van der Waals surface area (Å²) in [6.07, 6.45) is 0.844. The van der Waals surface area contributed by atoms with Gasteiger partial charge in [-0.05, 0) is 50.5 Å². The van der Waals surface area contributed by atoms with Crippen molar-refractivity contribution in [2.75, 3.05) is 5.32 Å². The number of hydrogen-bond acceptors (Lipinski definition) is 3. The number of amides is 2. The van der Waals surface area contributed by atoms with E-state index in [-0.39, 0.29) is 30.3 Å². The van der Waals surface area contributed by atoms with Crippen LogP contribution in [0.1, 0.15) is 47.0 Å². The molecule has 2 N–H and O–H groups in total. The molecule has 24 heavy (non-hydrogen) atoms. The number of halogens is 1. The van der Waals surface area contributed by atoms with Crippen LogP contribution in [0.15, 0.2) is 28.7 Å². The van der Waals surface area contributed by atoms with Crippen molar-refractivity contribution in [3.63, 3.8) is 0 Å². The molecule has 0 heterocycles. The molecule has 0 saturated carbocycles. The lowest BCUT2D eigenvalue weighted by Gasteiger charge is -2.31. The van der Waals surface area contributed by atoms with Gasteiger partial charge in [0, 0.05) is 23.0 Å². The molecule has 0 spiro atoms. The van der Waals surface area contributed by atoms with Crippen molar-refractivity contribution in [3.05, 3.63) is 28.7 Å². The van der Waals surface area contributed by atoms with E-state index in [9.17, 15) is 14.4 Å². The number of urea groups is 1. The predicted molar refractivity (Wildman–Crippen MR) is 99.1 cm³/mol. The summed E-state index contributed by atoms with van der Waals surface area (Å²) in [6.45, 7) is 7.16. The molecule has 1 unspecified atom stereocenters. The van der Waals surface area contributed by atoms with Gasteiger partial charge in [0.05, 0.1) is 5.54 Å². The van der Waals surface area contributed by atoms with Gasteiger partial charge in [0.1, 0.15) is 5.78 Å². The molecule has 1 aromatic rings. The van der Waals surface area contributed by atoms with Crippen molar-refractivity contribution in [1.29, 1.82) is 0 Å². The van der Waals surface area contributed by atoms with Crippen LogP contribution in [0.25, 0.3) is 0 Å². The van der Waals surface area contributed by atoms with Crippen LogP contribution in [0.4, 0.5) is 10.5 Å². The second kappa shape index (κ2) is 8.97. The maximum atomic E-state index is 12.5. The molecule has 132 valence electrons. The lowest BCUT2D eigenvalue weighted by atomic mass is 9.84. The highest BCUT2D eigenvalue weighted by Crippen LogP contribution is 2.21. The van der Waals surface area contributed by atoms with E-state index in [1.54, 1.807) is 19.1 Å². The predicted octanol–water partition coefficient (Wildman–Crippen LogP) is 4.31. The van der Waals surface area contributed by atoms with E-state index in [0.29, 0.717) is 12.1 Å². The fourth-order valence-electron chi connectivity index (χ4n) is 2.56. The first kappa shape index (κ1) is 20.4. The lowest BCUT2D eigenvalue weighted by molar-refractivity contribution is -0.127. The molecule has 0 fully saturated rings. The number of Topliss-reactive ketones (excluding diaryl/α,β-unsaturated/α-hetero) is 2. The van der Waals surface area contributed by atoms with Gasteiger partial charge in [-0.15, -0.1) is 0 Å². The molecule has 0 aliphatic rings. The lowest BCUT2D eigenvalue weighted by Crippen LogP contribution is -2.54. The molecule has 0 saturated heterocycles. The minimum Gasteiger partial charge on any atom is -0.326 e. The van der Waals surface area contributed by atoms with Crippen molar-refractivity contribution < 1.29 is 14.4 Å². The van der Waals surface area contributed by atoms with Crippen LogP contribution in [0, 0.1) is 5.92 Å². The molecule has 0 aliphatic carbocycles. The van der Waals surface area contributed by atoms with E-state index in [1.807, 2.05) is 26.0 Å². The van der Waals surface area contributed by atoms with E-state index < -0.39 is 11.6 Å². The SMILES string of the molecule is CC(=O)CCC(=O)C(C)(CC(C)C)NC(=O)Nc1ccc(Br)cc1. The van der Waals surface area contributed by atoms with E-state index in [2.05, 4.69) is 26.6 Å². The minimum absolute atomic E-state index is 0.0328. The summed E-state index contributed by atoms with van der Waals surface area (Å²) < 4.78 is 0.914. The van der Waals surface area contributed by atoms with Crippen LogP contribution < -0.4 is 10.6 Å². The number of nitrogens with one attached hydrogen (secondary N) is 2. The van der Waals surface area contributed by atoms with Gasteiger partial charge in [0.25, 0.3) is 0 Å². The van der Waals surface area contributed by atoms with Crippen molar-refractivity contribution in [2.24, 2.45) is 5.92 Å². The van der Waals surface area contributed by atoms with Crippen molar-refractivity contribution in [2.45, 2.75) is 52.5 Å². The van der Waals surface area contributed by atoms with E-state index in [4.69, 9.17) is 0 Å². The van der Waals surface area contributed by atoms with Crippen LogP contribution in [0.5, 0.6) is 0 Å². The number of carbonyl (C=O) groups is 3. The Morgan fingerprint density at radius 1 is 1.12 bits per heavy atom. The fourth-order valence-corrected chi connectivity index (χ4v) is 2.83. The molecule has 1 atom stereocenters. The molecule has 0 bridgehead atoms. The third-order valence-corrected chi connectivity index (χ3v) is 4.16. The summed E-state index contributed by atoms with van der Waals surface area (Å²) in [4.78, 5) is 36.0. The minimum atomic E-state index is -0.997. The Kier molecular flexibility index (Phi) is 7.60. The Morgan fingerprint density at radius 2 is 1.71 bits per heavy atom. The monoisotopic (exact) mass is 396 g/mol. The third-order valence-electron chi connectivity index (χ3n) is 3.63. The van der Waals surface area contributed by atoms with Gasteiger partial charge in [0.2, 0.25) is 0 Å². The van der Waals surface area contributed by atoms with Crippen molar-refractivity contribution in [1.82, 2.24) is 5.32 Å². The molecule has 0 radical (unpaired) electrons. The Morgan fingerprint density at radius 3 is 2.21 bits per heavy atom. The average Bonchev–Trinajstić information content (AvgIpc) is 2.46. The Hall–Kier alpha value is -1.69. The van der Waals surface area contributed by atoms with Crippen LogP contribution in [-0.4, -0.2) is 23.1 Å². The average molecular weight is 397 g/mol. The zero-order valence-corrected chi connectivity index (χ0v) is 16.2. The normalized spacial score (nSPS) is 13.2. The quantitative estimate of drug-likeness (QED) is 0.686. The first-order valence-corrected chi connectivity index (χ1v) is 8.79. The van der Waals surface area contributed by atoms with Gasteiger partial charge in [-0.1, -0.05) is 29.8 Å². The molecule has 0 aromatic heterocycles. The highest BCUT2D eigenvalue weighted by molar-refractivity contribution is 9.10. The maximum Gasteiger partial charge on any atom is 0.320 e. The summed E-state index contributed by atoms with van der Waals surface area (Å²) in [5, 5.41) is 5.52. The largest absolute Gasteiger partial charge is 0.326 e. The van der Waals surface area contributed by atoms with E-state index in [0.717, 1.165) is 4.47 Å². The van der Waals surface area contributed by atoms with Gasteiger partial charge in [0.15, 0.2) is 5.78 Å². The van der Waals surface area contributed by atoms with E-state index >= 15 is 0 Å². The number of ketones is 2. The molecule has 1 aromatic carbocycles. The summed E-state index contributed by atoms with van der Waals surface area (Å²) in [5.74, 6) is 0.0659. The number of rotatable bonds is 8. The molecular weight excluding hydrogens is 372 g/mol. The smallest absolute Gasteiger partial charge is 0.320 e. The number of hydrogen-bond donors (Lipinski definition) is 2. The second-order valence-corrected chi connectivity index (χ2v) is 7.56. The standard InChI is InChI=1S/C18H25BrN2O3/c1-12(2)11-18(4,16(23)10-5-13(3)22)21-17(24)20-15-8-6-14(19)7-9-15/h6-9,12H,5,10-11H2,1-4H3,(H2,20,21,24). The fraction of sp³-hybridized carbons (Fsp3) is 0.500. The highest BCUT2D eigenvalue weighted by atomic mass is 79.9. The zero-order valence-electron chi connectivity index (χ0n) is 14.6. The zero-order chi connectivity index (χ0) is 18.3. The first-order chi connectivity index (χ1) is 11.1. The summed E-state index contributed by atoms with van der Waals surface area (Å²) in [5.41, 5.74) is -0.359. The number of carbonyl (C=O) groups excluding carboxylic acids is 3. The van der Waals surface area contributed by atoms with Crippen molar-refractivity contribution in [3.8, 4) is 0 Å². The van der Waals surface area contributed by atoms with Crippen LogP contribution >= 0.6 is 15.9 Å². The Labute approximate surface area is 151 Å². The molecule has 1 rings (SSSR count). The summed E-state index contributed by atoms with van der Waals surface area (Å²) in [6, 6.07) is 6.74. The summed E-state index contributed by atoms with van der Waals surface area (Å²) >= 11 is 3.34. The Bertz CT molecular complexity index is 599. The maximum absolute atomic E-state index is 12.5. The number of benzene rings is 1. The third kappa shape index (κ3) is 6.83. The molecule has 5 nitrogen and oxygen atoms in total. The first-order valence-electron chi connectivity index (χ1n) is 8.00. The number of anilines is 1. The van der Waals surface area contributed by atoms with Crippen LogP contribution in [0.2, 0.25) is 0 Å². The second-order valence-electron chi connectivity index (χ2n) is 6.64. The molecular formula is C18H25BrN2O3. The van der Waals surface area contributed by atoms with Gasteiger partial charge in [-0.2, -0.15) is 0 Å². The molecule has 6 heteroatoms. The van der Waals surface area contributed by atoms with Crippen LogP contribution in [-0.2, 0) is 9.59 Å².